The minimum atomic E-state index is -0.233. The molecule has 4 N–H and O–H groups in total. The lowest BCUT2D eigenvalue weighted by Crippen LogP contribution is -2.47. The Balaban J connectivity index is 0.00000200. The highest BCUT2D eigenvalue weighted by Crippen LogP contribution is 2.17. The van der Waals surface area contributed by atoms with Crippen LogP contribution in [0.3, 0.4) is 0 Å². The van der Waals surface area contributed by atoms with Crippen molar-refractivity contribution in [2.75, 3.05) is 19.6 Å². The van der Waals surface area contributed by atoms with Gasteiger partial charge in [0, 0.05) is 25.2 Å². The molecule has 1 heterocycles. The molecule has 1 saturated heterocycles. The van der Waals surface area contributed by atoms with Crippen molar-refractivity contribution in [1.82, 2.24) is 15.5 Å². The third kappa shape index (κ3) is 5.17. The van der Waals surface area contributed by atoms with Crippen LogP contribution >= 0.6 is 12.4 Å². The number of carbonyl (C=O) groups excluding carboxylic acids is 2. The van der Waals surface area contributed by atoms with E-state index in [4.69, 9.17) is 5.73 Å². The average Bonchev–Trinajstić information content (AvgIpc) is 2.84. The highest BCUT2D eigenvalue weighted by atomic mass is 35.5. The Morgan fingerprint density at radius 2 is 1.85 bits per heavy atom. The summed E-state index contributed by atoms with van der Waals surface area (Å²) in [5.41, 5.74) is 5.75. The maximum Gasteiger partial charge on any atom is 0.315 e. The van der Waals surface area contributed by atoms with Crippen molar-refractivity contribution in [1.29, 1.82) is 0 Å². The van der Waals surface area contributed by atoms with Crippen molar-refractivity contribution >= 4 is 24.3 Å². The van der Waals surface area contributed by atoms with Crippen LogP contribution in [0.5, 0.6) is 0 Å². The predicted octanol–water partition coefficient (Wildman–Crippen LogP) is 0.600. The first-order chi connectivity index (χ1) is 9.15. The summed E-state index contributed by atoms with van der Waals surface area (Å²) in [6.45, 7) is 1.36. The standard InChI is InChI=1S/C13H24N4O2.ClH/c14-10-6-7-17(9-10)12(18)8-15-13(19)16-11-4-2-1-3-5-11;/h10-11H,1-9,14H2,(H2,15,16,19);1H/t10-;/m1./s1. The number of amides is 3. The summed E-state index contributed by atoms with van der Waals surface area (Å²) < 4.78 is 0. The van der Waals surface area contributed by atoms with E-state index in [1.165, 1.54) is 19.3 Å². The summed E-state index contributed by atoms with van der Waals surface area (Å²) in [5, 5.41) is 5.57. The summed E-state index contributed by atoms with van der Waals surface area (Å²) >= 11 is 0. The van der Waals surface area contributed by atoms with Crippen molar-refractivity contribution < 1.29 is 9.59 Å². The van der Waals surface area contributed by atoms with Crippen molar-refractivity contribution in [3.8, 4) is 0 Å². The lowest BCUT2D eigenvalue weighted by molar-refractivity contribution is -0.129. The minimum absolute atomic E-state index is 0. The zero-order valence-corrected chi connectivity index (χ0v) is 12.6. The van der Waals surface area contributed by atoms with Crippen LogP contribution in [0, 0.1) is 0 Å². The van der Waals surface area contributed by atoms with Gasteiger partial charge in [-0.3, -0.25) is 4.79 Å². The van der Waals surface area contributed by atoms with Gasteiger partial charge in [0.2, 0.25) is 5.91 Å². The van der Waals surface area contributed by atoms with Gasteiger partial charge in [0.25, 0.3) is 0 Å². The van der Waals surface area contributed by atoms with Crippen molar-refractivity contribution in [2.24, 2.45) is 5.73 Å². The highest BCUT2D eigenvalue weighted by Gasteiger charge is 2.23. The fourth-order valence-corrected chi connectivity index (χ4v) is 2.76. The van der Waals surface area contributed by atoms with E-state index in [0.717, 1.165) is 19.3 Å². The summed E-state index contributed by atoms with van der Waals surface area (Å²) in [5.74, 6) is -0.0493. The zero-order valence-electron chi connectivity index (χ0n) is 11.8. The third-order valence-corrected chi connectivity index (χ3v) is 3.92. The lowest BCUT2D eigenvalue weighted by Gasteiger charge is -2.23. The number of nitrogens with zero attached hydrogens (tertiary/aromatic N) is 1. The molecule has 1 atom stereocenters. The molecule has 2 aliphatic rings. The van der Waals surface area contributed by atoms with E-state index in [2.05, 4.69) is 10.6 Å². The van der Waals surface area contributed by atoms with Gasteiger partial charge >= 0.3 is 6.03 Å². The van der Waals surface area contributed by atoms with Gasteiger partial charge in [-0.1, -0.05) is 19.3 Å². The van der Waals surface area contributed by atoms with E-state index in [9.17, 15) is 9.59 Å². The maximum atomic E-state index is 11.8. The molecule has 0 radical (unpaired) electrons. The molecule has 0 bridgehead atoms. The maximum absolute atomic E-state index is 11.8. The molecule has 6 nitrogen and oxygen atoms in total. The number of nitrogens with one attached hydrogen (secondary N) is 2. The summed E-state index contributed by atoms with van der Waals surface area (Å²) in [6, 6.07) is 0.118. The average molecular weight is 305 g/mol. The highest BCUT2D eigenvalue weighted by molar-refractivity contribution is 5.85. The largest absolute Gasteiger partial charge is 0.340 e. The first-order valence-corrected chi connectivity index (χ1v) is 7.23. The smallest absolute Gasteiger partial charge is 0.315 e. The van der Waals surface area contributed by atoms with Crippen LogP contribution in [0.15, 0.2) is 0 Å². The molecule has 1 aliphatic carbocycles. The monoisotopic (exact) mass is 304 g/mol. The lowest BCUT2D eigenvalue weighted by atomic mass is 9.96. The van der Waals surface area contributed by atoms with E-state index in [0.29, 0.717) is 13.1 Å². The quantitative estimate of drug-likeness (QED) is 0.713. The second kappa shape index (κ2) is 8.32. The van der Waals surface area contributed by atoms with Crippen molar-refractivity contribution in [3.63, 3.8) is 0 Å². The van der Waals surface area contributed by atoms with Gasteiger partial charge < -0.3 is 21.3 Å². The SMILES string of the molecule is Cl.N[C@@H]1CCN(C(=O)CNC(=O)NC2CCCCC2)C1. The zero-order chi connectivity index (χ0) is 13.7. The second-order valence-electron chi connectivity index (χ2n) is 5.55. The first kappa shape index (κ1) is 17.0. The molecule has 0 aromatic carbocycles. The van der Waals surface area contributed by atoms with Crippen LogP contribution < -0.4 is 16.4 Å². The van der Waals surface area contributed by atoms with Crippen LogP contribution in [-0.2, 0) is 4.79 Å². The second-order valence-corrected chi connectivity index (χ2v) is 5.55. The van der Waals surface area contributed by atoms with E-state index >= 15 is 0 Å². The molecular formula is C13H25ClN4O2. The molecule has 0 unspecified atom stereocenters. The van der Waals surface area contributed by atoms with E-state index in [-0.39, 0.29) is 43.0 Å². The number of rotatable bonds is 3. The predicted molar refractivity (Wildman–Crippen MR) is 79.8 cm³/mol. The van der Waals surface area contributed by atoms with Crippen LogP contribution in [-0.4, -0.2) is 48.6 Å². The van der Waals surface area contributed by atoms with Gasteiger partial charge in [0.05, 0.1) is 6.54 Å². The summed E-state index contributed by atoms with van der Waals surface area (Å²) in [6.07, 6.45) is 6.54. The van der Waals surface area contributed by atoms with Crippen LogP contribution in [0.2, 0.25) is 0 Å². The molecule has 0 aromatic heterocycles. The van der Waals surface area contributed by atoms with Crippen molar-refractivity contribution in [3.05, 3.63) is 0 Å². The summed E-state index contributed by atoms with van der Waals surface area (Å²) in [7, 11) is 0. The summed E-state index contributed by atoms with van der Waals surface area (Å²) in [4.78, 5) is 25.2. The third-order valence-electron chi connectivity index (χ3n) is 3.92. The molecule has 1 saturated carbocycles. The minimum Gasteiger partial charge on any atom is -0.340 e. The molecular weight excluding hydrogens is 280 g/mol. The normalized spacial score (nSPS) is 23.1. The molecule has 7 heteroatoms. The van der Waals surface area contributed by atoms with Crippen molar-refractivity contribution in [2.45, 2.75) is 50.6 Å². The van der Waals surface area contributed by atoms with E-state index in [1.54, 1.807) is 4.90 Å². The van der Waals surface area contributed by atoms with Gasteiger partial charge in [-0.05, 0) is 19.3 Å². The molecule has 3 amide bonds. The molecule has 1 aliphatic heterocycles. The van der Waals surface area contributed by atoms with Crippen LogP contribution in [0.4, 0.5) is 4.79 Å². The topological polar surface area (TPSA) is 87.5 Å². The molecule has 20 heavy (non-hydrogen) atoms. The number of urea groups is 1. The Labute approximate surface area is 126 Å². The van der Waals surface area contributed by atoms with Gasteiger partial charge in [-0.2, -0.15) is 0 Å². The van der Waals surface area contributed by atoms with Gasteiger partial charge in [0.15, 0.2) is 0 Å². The van der Waals surface area contributed by atoms with Gasteiger partial charge in [-0.25, -0.2) is 4.79 Å². The number of carbonyl (C=O) groups is 2. The number of halogens is 1. The molecule has 2 rings (SSSR count). The van der Waals surface area contributed by atoms with E-state index in [1.807, 2.05) is 0 Å². The molecule has 0 aromatic rings. The Kier molecular flexibility index (Phi) is 7.09. The molecule has 2 fully saturated rings. The van der Waals surface area contributed by atoms with E-state index < -0.39 is 0 Å². The number of likely N-dealkylation sites (tertiary alicyclic amines) is 1. The number of hydrogen-bond donors (Lipinski definition) is 3. The molecule has 116 valence electrons. The number of hydrogen-bond acceptors (Lipinski definition) is 3. The number of nitrogens with two attached hydrogens (primary N) is 1. The first-order valence-electron chi connectivity index (χ1n) is 7.23. The van der Waals surface area contributed by atoms with Crippen LogP contribution in [0.25, 0.3) is 0 Å². The molecule has 0 spiro atoms. The van der Waals surface area contributed by atoms with Crippen LogP contribution in [0.1, 0.15) is 38.5 Å². The Morgan fingerprint density at radius 1 is 1.15 bits per heavy atom. The Hall–Kier alpha value is -1.01. The fourth-order valence-electron chi connectivity index (χ4n) is 2.76. The van der Waals surface area contributed by atoms with Gasteiger partial charge in [0.1, 0.15) is 0 Å². The fraction of sp³-hybridized carbons (Fsp3) is 0.846. The Morgan fingerprint density at radius 3 is 2.45 bits per heavy atom. The Bertz CT molecular complexity index is 334. The van der Waals surface area contributed by atoms with Gasteiger partial charge in [-0.15, -0.1) is 12.4 Å².